The molecular formula is C19H19FN4O. The van der Waals surface area contributed by atoms with Crippen molar-refractivity contribution in [1.29, 1.82) is 0 Å². The predicted molar refractivity (Wildman–Crippen MR) is 94.6 cm³/mol. The van der Waals surface area contributed by atoms with E-state index in [9.17, 15) is 9.18 Å². The van der Waals surface area contributed by atoms with Gasteiger partial charge in [0.2, 0.25) is 0 Å². The second-order valence-electron chi connectivity index (χ2n) is 6.46. The summed E-state index contributed by atoms with van der Waals surface area (Å²) >= 11 is 0. The first-order valence-electron chi connectivity index (χ1n) is 8.40. The van der Waals surface area contributed by atoms with E-state index in [4.69, 9.17) is 5.73 Å². The Kier molecular flexibility index (Phi) is 3.97. The zero-order valence-electron chi connectivity index (χ0n) is 13.8. The lowest BCUT2D eigenvalue weighted by Crippen LogP contribution is -2.18. The fourth-order valence-electron chi connectivity index (χ4n) is 3.44. The maximum atomic E-state index is 14.6. The highest BCUT2D eigenvalue weighted by Crippen LogP contribution is 2.27. The van der Waals surface area contributed by atoms with Gasteiger partial charge in [-0.2, -0.15) is 0 Å². The molecule has 128 valence electrons. The number of nitrogens with zero attached hydrogens (tertiary/aromatic N) is 3. The molecule has 0 saturated carbocycles. The maximum absolute atomic E-state index is 14.6. The molecule has 0 radical (unpaired) electrons. The standard InChI is InChI=1S/C19H19FN4O/c20-17-9-13(12-23-6-1-2-7-23)3-4-16(17)15-10-14-5-8-24(19(21)25)18(14)22-11-15/h3-5,8-11H,1-2,6-7,12H2,(H2,21,25). The lowest BCUT2D eigenvalue weighted by molar-refractivity contribution is 0.251. The first-order chi connectivity index (χ1) is 12.1. The van der Waals surface area contributed by atoms with E-state index in [1.165, 1.54) is 17.4 Å². The summed E-state index contributed by atoms with van der Waals surface area (Å²) in [6.07, 6.45) is 5.58. The molecule has 1 aromatic carbocycles. The molecule has 6 heteroatoms. The molecule has 4 rings (SSSR count). The molecule has 5 nitrogen and oxygen atoms in total. The Morgan fingerprint density at radius 2 is 2.00 bits per heavy atom. The van der Waals surface area contributed by atoms with Crippen LogP contribution in [0.1, 0.15) is 18.4 Å². The molecule has 1 amide bonds. The monoisotopic (exact) mass is 338 g/mol. The van der Waals surface area contributed by atoms with Gasteiger partial charge in [-0.25, -0.2) is 14.2 Å². The highest BCUT2D eigenvalue weighted by atomic mass is 19.1. The number of hydrogen-bond donors (Lipinski definition) is 1. The van der Waals surface area contributed by atoms with Gasteiger partial charge >= 0.3 is 6.03 Å². The minimum absolute atomic E-state index is 0.257. The van der Waals surface area contributed by atoms with Crippen LogP contribution in [-0.2, 0) is 6.54 Å². The number of amides is 1. The molecule has 0 spiro atoms. The molecule has 0 bridgehead atoms. The van der Waals surface area contributed by atoms with Crippen LogP contribution in [0, 0.1) is 5.82 Å². The lowest BCUT2D eigenvalue weighted by atomic mass is 10.0. The average Bonchev–Trinajstić information content (AvgIpc) is 3.23. The van der Waals surface area contributed by atoms with Crippen molar-refractivity contribution < 1.29 is 9.18 Å². The number of likely N-dealkylation sites (tertiary alicyclic amines) is 1. The van der Waals surface area contributed by atoms with Crippen molar-refractivity contribution in [3.05, 3.63) is 54.1 Å². The van der Waals surface area contributed by atoms with E-state index < -0.39 is 6.03 Å². The number of aromatic nitrogens is 2. The number of carbonyl (C=O) groups is 1. The number of nitrogens with two attached hydrogens (primary N) is 1. The Morgan fingerprint density at radius 3 is 2.72 bits per heavy atom. The fraction of sp³-hybridized carbons (Fsp3) is 0.263. The van der Waals surface area contributed by atoms with E-state index in [0.717, 1.165) is 30.6 Å². The molecule has 1 aliphatic rings. The van der Waals surface area contributed by atoms with E-state index in [-0.39, 0.29) is 5.82 Å². The van der Waals surface area contributed by atoms with Crippen LogP contribution in [0.5, 0.6) is 0 Å². The van der Waals surface area contributed by atoms with Gasteiger partial charge in [0.15, 0.2) is 0 Å². The molecule has 1 aliphatic heterocycles. The van der Waals surface area contributed by atoms with Crippen molar-refractivity contribution in [2.75, 3.05) is 13.1 Å². The van der Waals surface area contributed by atoms with E-state index in [1.54, 1.807) is 30.6 Å². The second kappa shape index (κ2) is 6.29. The first kappa shape index (κ1) is 15.8. The largest absolute Gasteiger partial charge is 0.351 e. The van der Waals surface area contributed by atoms with E-state index in [0.29, 0.717) is 16.8 Å². The molecule has 2 aromatic heterocycles. The van der Waals surface area contributed by atoms with Gasteiger partial charge in [0.05, 0.1) is 0 Å². The summed E-state index contributed by atoms with van der Waals surface area (Å²) in [5, 5.41) is 0.747. The van der Waals surface area contributed by atoms with Crippen molar-refractivity contribution in [3.8, 4) is 11.1 Å². The Labute approximate surface area is 144 Å². The van der Waals surface area contributed by atoms with E-state index in [2.05, 4.69) is 9.88 Å². The van der Waals surface area contributed by atoms with Crippen LogP contribution in [0.4, 0.5) is 9.18 Å². The predicted octanol–water partition coefficient (Wildman–Crippen LogP) is 3.37. The van der Waals surface area contributed by atoms with Crippen LogP contribution < -0.4 is 5.73 Å². The fourth-order valence-corrected chi connectivity index (χ4v) is 3.44. The summed E-state index contributed by atoms with van der Waals surface area (Å²) < 4.78 is 15.9. The van der Waals surface area contributed by atoms with Crippen LogP contribution in [0.3, 0.4) is 0 Å². The molecule has 3 aromatic rings. The van der Waals surface area contributed by atoms with Crippen molar-refractivity contribution in [3.63, 3.8) is 0 Å². The van der Waals surface area contributed by atoms with Crippen molar-refractivity contribution in [2.45, 2.75) is 19.4 Å². The molecule has 0 unspecified atom stereocenters. The Balaban J connectivity index is 1.64. The zero-order valence-corrected chi connectivity index (χ0v) is 13.8. The van der Waals surface area contributed by atoms with Crippen molar-refractivity contribution >= 4 is 17.1 Å². The third-order valence-electron chi connectivity index (χ3n) is 4.71. The van der Waals surface area contributed by atoms with Crippen molar-refractivity contribution in [2.24, 2.45) is 5.73 Å². The van der Waals surface area contributed by atoms with Crippen LogP contribution >= 0.6 is 0 Å². The first-order valence-corrected chi connectivity index (χ1v) is 8.40. The number of halogens is 1. The van der Waals surface area contributed by atoms with Gasteiger partial charge in [-0.3, -0.25) is 9.47 Å². The number of fused-ring (bicyclic) bond motifs is 1. The minimum Gasteiger partial charge on any atom is -0.351 e. The quantitative estimate of drug-likeness (QED) is 0.796. The molecule has 2 N–H and O–H groups in total. The molecular weight excluding hydrogens is 319 g/mol. The zero-order chi connectivity index (χ0) is 17.4. The van der Waals surface area contributed by atoms with Gasteiger partial charge in [0, 0.05) is 35.5 Å². The summed E-state index contributed by atoms with van der Waals surface area (Å²) in [6, 6.07) is 8.35. The molecule has 0 aliphatic carbocycles. The highest BCUT2D eigenvalue weighted by Gasteiger charge is 2.14. The number of hydrogen-bond acceptors (Lipinski definition) is 3. The third kappa shape index (κ3) is 3.00. The lowest BCUT2D eigenvalue weighted by Gasteiger charge is -2.15. The van der Waals surface area contributed by atoms with Gasteiger partial charge in [0.1, 0.15) is 11.5 Å². The summed E-state index contributed by atoms with van der Waals surface area (Å²) in [4.78, 5) is 18.0. The number of benzene rings is 1. The molecule has 1 saturated heterocycles. The SMILES string of the molecule is NC(=O)n1ccc2cc(-c3ccc(CN4CCCC4)cc3F)cnc21. The molecule has 3 heterocycles. The van der Waals surface area contributed by atoms with Gasteiger partial charge < -0.3 is 5.73 Å². The Morgan fingerprint density at radius 1 is 1.20 bits per heavy atom. The number of pyridine rings is 1. The smallest absolute Gasteiger partial charge is 0.324 e. The van der Waals surface area contributed by atoms with Crippen LogP contribution in [0.2, 0.25) is 0 Å². The van der Waals surface area contributed by atoms with Gasteiger partial charge in [-0.15, -0.1) is 0 Å². The summed E-state index contributed by atoms with van der Waals surface area (Å²) in [7, 11) is 0. The van der Waals surface area contributed by atoms with Crippen LogP contribution in [-0.4, -0.2) is 33.6 Å². The van der Waals surface area contributed by atoms with Crippen LogP contribution in [0.15, 0.2) is 42.7 Å². The third-order valence-corrected chi connectivity index (χ3v) is 4.71. The van der Waals surface area contributed by atoms with E-state index >= 15 is 0 Å². The topological polar surface area (TPSA) is 64.2 Å². The number of rotatable bonds is 3. The number of carbonyl (C=O) groups excluding carboxylic acids is 1. The van der Waals surface area contributed by atoms with Gasteiger partial charge in [0.25, 0.3) is 0 Å². The molecule has 0 atom stereocenters. The summed E-state index contributed by atoms with van der Waals surface area (Å²) in [6.45, 7) is 2.96. The maximum Gasteiger partial charge on any atom is 0.324 e. The highest BCUT2D eigenvalue weighted by molar-refractivity contribution is 5.90. The Bertz CT molecular complexity index is 944. The normalized spacial score (nSPS) is 15.1. The van der Waals surface area contributed by atoms with Crippen molar-refractivity contribution in [1.82, 2.24) is 14.5 Å². The summed E-state index contributed by atoms with van der Waals surface area (Å²) in [5.41, 5.74) is 7.95. The second-order valence-corrected chi connectivity index (χ2v) is 6.46. The van der Waals surface area contributed by atoms with Gasteiger partial charge in [-0.1, -0.05) is 12.1 Å². The van der Waals surface area contributed by atoms with Crippen LogP contribution in [0.25, 0.3) is 22.2 Å². The minimum atomic E-state index is -0.590. The Hall–Kier alpha value is -2.73. The molecule has 1 fully saturated rings. The van der Waals surface area contributed by atoms with Gasteiger partial charge in [-0.05, 0) is 49.7 Å². The molecule has 25 heavy (non-hydrogen) atoms. The van der Waals surface area contributed by atoms with E-state index in [1.807, 2.05) is 12.1 Å². The average molecular weight is 338 g/mol. The number of primary amides is 1. The summed E-state index contributed by atoms with van der Waals surface area (Å²) in [5.74, 6) is -0.257.